The molecule has 0 aliphatic rings. The van der Waals surface area contributed by atoms with Gasteiger partial charge in [-0.25, -0.2) is 13.8 Å². The number of aromatic amines is 1. The summed E-state index contributed by atoms with van der Waals surface area (Å²) >= 11 is 0. The van der Waals surface area contributed by atoms with Crippen molar-refractivity contribution in [1.82, 2.24) is 15.3 Å². The zero-order valence-corrected chi connectivity index (χ0v) is 15.3. The summed E-state index contributed by atoms with van der Waals surface area (Å²) in [6, 6.07) is 11.9. The second kappa shape index (κ2) is 7.73. The summed E-state index contributed by atoms with van der Waals surface area (Å²) in [4.78, 5) is 18.9. The van der Waals surface area contributed by atoms with Crippen LogP contribution in [0.15, 0.2) is 42.5 Å². The molecule has 0 aliphatic carbocycles. The van der Waals surface area contributed by atoms with E-state index in [1.165, 1.54) is 6.07 Å². The monoisotopic (exact) mass is 373 g/mol. The molecular formula is C20H21F2N3O2. The third-order valence-corrected chi connectivity index (χ3v) is 4.05. The number of imidazole rings is 1. The predicted molar refractivity (Wildman–Crippen MR) is 99.1 cm³/mol. The fourth-order valence-electron chi connectivity index (χ4n) is 2.77. The maximum atomic E-state index is 12.8. The number of hydrogen-bond donors (Lipinski definition) is 2. The van der Waals surface area contributed by atoms with E-state index in [-0.39, 0.29) is 18.1 Å². The van der Waals surface area contributed by atoms with Crippen LogP contribution in [0.25, 0.3) is 11.0 Å². The van der Waals surface area contributed by atoms with Crippen molar-refractivity contribution >= 4 is 16.9 Å². The maximum Gasteiger partial charge on any atom is 0.295 e. The van der Waals surface area contributed by atoms with Crippen molar-refractivity contribution < 1.29 is 18.3 Å². The first-order chi connectivity index (χ1) is 12.8. The number of carbonyl (C=O) groups is 1. The number of fused-ring (bicyclic) bond motifs is 1. The zero-order chi connectivity index (χ0) is 19.6. The van der Waals surface area contributed by atoms with Gasteiger partial charge in [-0.15, -0.1) is 0 Å². The second-order valence-electron chi connectivity index (χ2n) is 6.59. The number of ether oxygens (including phenoxy) is 1. The highest BCUT2D eigenvalue weighted by Crippen LogP contribution is 2.22. The average molecular weight is 373 g/mol. The lowest BCUT2D eigenvalue weighted by Crippen LogP contribution is -2.26. The third kappa shape index (κ3) is 4.42. The molecule has 1 aromatic heterocycles. The van der Waals surface area contributed by atoms with E-state index in [4.69, 9.17) is 4.74 Å². The largest absolute Gasteiger partial charge is 0.491 e. The number of aromatic nitrogens is 2. The zero-order valence-electron chi connectivity index (χ0n) is 15.3. The SMILES string of the molecule is CC(C)Oc1cccc(C(C)NC(=O)c2ccc3nc(C(F)F)[nH]c3c2)c1. The highest BCUT2D eigenvalue weighted by molar-refractivity contribution is 5.97. The number of carbonyl (C=O) groups excluding carboxylic acids is 1. The van der Waals surface area contributed by atoms with E-state index >= 15 is 0 Å². The van der Waals surface area contributed by atoms with Crippen molar-refractivity contribution in [2.45, 2.75) is 39.3 Å². The summed E-state index contributed by atoms with van der Waals surface area (Å²) in [5.41, 5.74) is 2.07. The lowest BCUT2D eigenvalue weighted by atomic mass is 10.1. The Labute approximate surface area is 155 Å². The average Bonchev–Trinajstić information content (AvgIpc) is 3.05. The van der Waals surface area contributed by atoms with Gasteiger partial charge in [0.2, 0.25) is 0 Å². The molecule has 0 fully saturated rings. The van der Waals surface area contributed by atoms with Crippen molar-refractivity contribution in [2.24, 2.45) is 0 Å². The summed E-state index contributed by atoms with van der Waals surface area (Å²) in [5.74, 6) is 0.0349. The summed E-state index contributed by atoms with van der Waals surface area (Å²) < 4.78 is 31.2. The van der Waals surface area contributed by atoms with Crippen LogP contribution in [-0.4, -0.2) is 22.0 Å². The first-order valence-electron chi connectivity index (χ1n) is 8.69. The first-order valence-corrected chi connectivity index (χ1v) is 8.69. The summed E-state index contributed by atoms with van der Waals surface area (Å²) in [7, 11) is 0. The molecule has 1 unspecified atom stereocenters. The van der Waals surface area contributed by atoms with E-state index in [1.807, 2.05) is 45.0 Å². The van der Waals surface area contributed by atoms with Crippen LogP contribution in [0.3, 0.4) is 0 Å². The molecule has 0 aliphatic heterocycles. The van der Waals surface area contributed by atoms with E-state index in [2.05, 4.69) is 15.3 Å². The number of alkyl halides is 2. The van der Waals surface area contributed by atoms with Gasteiger partial charge in [0.25, 0.3) is 12.3 Å². The van der Waals surface area contributed by atoms with Crippen LogP contribution in [0.5, 0.6) is 5.75 Å². The molecule has 2 N–H and O–H groups in total. The Morgan fingerprint density at radius 2 is 1.93 bits per heavy atom. The molecule has 1 amide bonds. The second-order valence-corrected chi connectivity index (χ2v) is 6.59. The molecule has 1 atom stereocenters. The van der Waals surface area contributed by atoms with E-state index in [0.717, 1.165) is 11.3 Å². The topological polar surface area (TPSA) is 67.0 Å². The number of hydrogen-bond acceptors (Lipinski definition) is 3. The highest BCUT2D eigenvalue weighted by atomic mass is 19.3. The minimum absolute atomic E-state index is 0.0596. The van der Waals surface area contributed by atoms with Crippen LogP contribution in [0.1, 0.15) is 55.0 Å². The normalized spacial score (nSPS) is 12.6. The summed E-state index contributed by atoms with van der Waals surface area (Å²) in [6.45, 7) is 5.77. The Kier molecular flexibility index (Phi) is 5.39. The van der Waals surface area contributed by atoms with Gasteiger partial charge >= 0.3 is 0 Å². The van der Waals surface area contributed by atoms with Crippen LogP contribution in [0.2, 0.25) is 0 Å². The van der Waals surface area contributed by atoms with Gasteiger partial charge in [-0.1, -0.05) is 12.1 Å². The molecule has 7 heteroatoms. The third-order valence-electron chi connectivity index (χ3n) is 4.05. The number of nitrogens with one attached hydrogen (secondary N) is 2. The minimum atomic E-state index is -2.69. The van der Waals surface area contributed by atoms with Gasteiger partial charge in [0.1, 0.15) is 5.75 Å². The molecule has 3 rings (SSSR count). The first kappa shape index (κ1) is 18.8. The number of halogens is 2. The Morgan fingerprint density at radius 3 is 2.63 bits per heavy atom. The summed E-state index contributed by atoms with van der Waals surface area (Å²) in [5, 5.41) is 2.91. The van der Waals surface area contributed by atoms with Crippen LogP contribution < -0.4 is 10.1 Å². The Hall–Kier alpha value is -2.96. The molecule has 142 valence electrons. The fourth-order valence-corrected chi connectivity index (χ4v) is 2.77. The van der Waals surface area contributed by atoms with Crippen molar-refractivity contribution in [3.05, 3.63) is 59.4 Å². The quantitative estimate of drug-likeness (QED) is 0.653. The predicted octanol–water partition coefficient (Wildman–Crippen LogP) is 4.78. The lowest BCUT2D eigenvalue weighted by Gasteiger charge is -2.16. The van der Waals surface area contributed by atoms with Crippen molar-refractivity contribution in [2.75, 3.05) is 0 Å². The van der Waals surface area contributed by atoms with Crippen molar-refractivity contribution in [3.8, 4) is 5.75 Å². The smallest absolute Gasteiger partial charge is 0.295 e. The van der Waals surface area contributed by atoms with Crippen molar-refractivity contribution in [1.29, 1.82) is 0 Å². The molecule has 5 nitrogen and oxygen atoms in total. The number of H-pyrrole nitrogens is 1. The molecule has 1 heterocycles. The van der Waals surface area contributed by atoms with E-state index < -0.39 is 12.2 Å². The Balaban J connectivity index is 1.75. The van der Waals surface area contributed by atoms with Gasteiger partial charge < -0.3 is 15.0 Å². The number of nitrogens with zero attached hydrogens (tertiary/aromatic N) is 1. The molecule has 0 saturated heterocycles. The van der Waals surface area contributed by atoms with Crippen LogP contribution in [-0.2, 0) is 0 Å². The van der Waals surface area contributed by atoms with Gasteiger partial charge in [-0.05, 0) is 56.7 Å². The number of rotatable bonds is 6. The molecule has 0 bridgehead atoms. The van der Waals surface area contributed by atoms with Gasteiger partial charge in [-0.2, -0.15) is 0 Å². The van der Waals surface area contributed by atoms with E-state index in [9.17, 15) is 13.6 Å². The standard InChI is InChI=1S/C20H21F2N3O2/c1-11(2)27-15-6-4-5-13(9-15)12(3)23-20(26)14-7-8-16-17(10-14)25-19(24-16)18(21)22/h4-12,18H,1-3H3,(H,23,26)(H,24,25). The molecular weight excluding hydrogens is 352 g/mol. The van der Waals surface area contributed by atoms with Crippen LogP contribution in [0, 0.1) is 0 Å². The Morgan fingerprint density at radius 1 is 1.15 bits per heavy atom. The molecule has 0 saturated carbocycles. The van der Waals surface area contributed by atoms with Gasteiger partial charge in [0.05, 0.1) is 23.2 Å². The van der Waals surface area contributed by atoms with Crippen LogP contribution >= 0.6 is 0 Å². The van der Waals surface area contributed by atoms with E-state index in [0.29, 0.717) is 16.6 Å². The summed E-state index contributed by atoms with van der Waals surface area (Å²) in [6.07, 6.45) is -2.63. The van der Waals surface area contributed by atoms with Gasteiger partial charge in [0, 0.05) is 5.56 Å². The van der Waals surface area contributed by atoms with E-state index in [1.54, 1.807) is 12.1 Å². The minimum Gasteiger partial charge on any atom is -0.491 e. The van der Waals surface area contributed by atoms with Gasteiger partial charge in [-0.3, -0.25) is 4.79 Å². The molecule has 3 aromatic rings. The molecule has 0 spiro atoms. The lowest BCUT2D eigenvalue weighted by molar-refractivity contribution is 0.0940. The van der Waals surface area contributed by atoms with Crippen molar-refractivity contribution in [3.63, 3.8) is 0 Å². The highest BCUT2D eigenvalue weighted by Gasteiger charge is 2.16. The fraction of sp³-hybridized carbons (Fsp3) is 0.300. The number of amides is 1. The molecule has 27 heavy (non-hydrogen) atoms. The molecule has 0 radical (unpaired) electrons. The number of benzene rings is 2. The van der Waals surface area contributed by atoms with Crippen LogP contribution in [0.4, 0.5) is 8.78 Å². The van der Waals surface area contributed by atoms with Gasteiger partial charge in [0.15, 0.2) is 5.82 Å². The molecule has 2 aromatic carbocycles. The Bertz CT molecular complexity index is 953. The maximum absolute atomic E-state index is 12.8.